The maximum Gasteiger partial charge on any atom is 0.332 e. The van der Waals surface area contributed by atoms with Crippen molar-refractivity contribution in [3.05, 3.63) is 51.1 Å². The van der Waals surface area contributed by atoms with Gasteiger partial charge in [0.25, 0.3) is 5.88 Å². The topological polar surface area (TPSA) is 85.5 Å². The molecule has 1 aromatic carbocycles. The number of aromatic hydroxyl groups is 1. The van der Waals surface area contributed by atoms with Gasteiger partial charge in [0, 0.05) is 16.7 Å². The predicted octanol–water partition coefficient (Wildman–Crippen LogP) is 3.25. The van der Waals surface area contributed by atoms with E-state index in [4.69, 9.17) is 4.74 Å². The fourth-order valence-electron chi connectivity index (χ4n) is 1.27. The van der Waals surface area contributed by atoms with Crippen LogP contribution in [0, 0.1) is 10.1 Å². The van der Waals surface area contributed by atoms with E-state index in [2.05, 4.69) is 20.9 Å². The molecule has 7 heteroatoms. The number of nitrogens with zero attached hydrogens (tertiary/aromatic N) is 2. The van der Waals surface area contributed by atoms with Crippen LogP contribution >= 0.6 is 15.9 Å². The molecule has 0 amide bonds. The highest BCUT2D eigenvalue weighted by Crippen LogP contribution is 2.34. The maximum atomic E-state index is 10.9. The molecule has 0 saturated carbocycles. The smallest absolute Gasteiger partial charge is 0.332 e. The van der Waals surface area contributed by atoms with E-state index in [-0.39, 0.29) is 23.1 Å². The van der Waals surface area contributed by atoms with Crippen molar-refractivity contribution in [2.24, 2.45) is 0 Å². The molecule has 0 aliphatic heterocycles. The van der Waals surface area contributed by atoms with Crippen molar-refractivity contribution in [3.63, 3.8) is 0 Å². The second kappa shape index (κ2) is 5.01. The second-order valence-corrected chi connectivity index (χ2v) is 4.22. The Morgan fingerprint density at radius 1 is 1.39 bits per heavy atom. The molecule has 0 radical (unpaired) electrons. The van der Waals surface area contributed by atoms with Crippen LogP contribution < -0.4 is 4.74 Å². The molecule has 6 nitrogen and oxygen atoms in total. The first-order valence-electron chi connectivity index (χ1n) is 4.83. The lowest BCUT2D eigenvalue weighted by molar-refractivity contribution is -0.386. The summed E-state index contributed by atoms with van der Waals surface area (Å²) in [7, 11) is 0. The van der Waals surface area contributed by atoms with Crippen molar-refractivity contribution in [3.8, 4) is 17.4 Å². The van der Waals surface area contributed by atoms with E-state index < -0.39 is 4.92 Å². The highest BCUT2D eigenvalue weighted by Gasteiger charge is 2.19. The van der Waals surface area contributed by atoms with Crippen molar-refractivity contribution < 1.29 is 14.8 Å². The zero-order chi connectivity index (χ0) is 13.1. The first-order chi connectivity index (χ1) is 8.58. The zero-order valence-electron chi connectivity index (χ0n) is 8.91. The van der Waals surface area contributed by atoms with E-state index in [0.717, 1.165) is 0 Å². The summed E-state index contributed by atoms with van der Waals surface area (Å²) in [6.07, 6.45) is 1.38. The normalized spacial score (nSPS) is 10.1. The van der Waals surface area contributed by atoms with Crippen LogP contribution in [0.3, 0.4) is 0 Å². The summed E-state index contributed by atoms with van der Waals surface area (Å²) in [6, 6.07) is 7.44. The van der Waals surface area contributed by atoms with E-state index in [1.165, 1.54) is 24.4 Å². The van der Waals surface area contributed by atoms with Gasteiger partial charge < -0.3 is 9.84 Å². The third-order valence-corrected chi connectivity index (χ3v) is 2.50. The third-order valence-electron chi connectivity index (χ3n) is 2.07. The summed E-state index contributed by atoms with van der Waals surface area (Å²) in [6.45, 7) is 0. The Morgan fingerprint density at radius 2 is 2.11 bits per heavy atom. The number of nitro groups is 1. The van der Waals surface area contributed by atoms with Crippen LogP contribution in [0.1, 0.15) is 0 Å². The number of ether oxygens (including phenoxy) is 1. The van der Waals surface area contributed by atoms with E-state index in [0.29, 0.717) is 4.47 Å². The predicted molar refractivity (Wildman–Crippen MR) is 66.8 cm³/mol. The molecule has 0 aliphatic carbocycles. The minimum Gasteiger partial charge on any atom is -0.504 e. The molecule has 2 rings (SSSR count). The van der Waals surface area contributed by atoms with Crippen molar-refractivity contribution in [1.29, 1.82) is 0 Å². The molecular formula is C11H7BrN2O4. The van der Waals surface area contributed by atoms with Gasteiger partial charge in [-0.1, -0.05) is 12.1 Å². The molecule has 0 fully saturated rings. The number of para-hydroxylation sites is 2. The minimum atomic E-state index is -0.604. The molecule has 1 heterocycles. The molecule has 0 aliphatic rings. The van der Waals surface area contributed by atoms with E-state index >= 15 is 0 Å². The van der Waals surface area contributed by atoms with Gasteiger partial charge in [-0.3, -0.25) is 10.1 Å². The molecule has 92 valence electrons. The number of pyridine rings is 1. The van der Waals surface area contributed by atoms with Crippen LogP contribution in [-0.2, 0) is 0 Å². The summed E-state index contributed by atoms with van der Waals surface area (Å²) in [4.78, 5) is 14.1. The first-order valence-corrected chi connectivity index (χ1v) is 5.63. The van der Waals surface area contributed by atoms with Gasteiger partial charge in [-0.05, 0) is 28.1 Å². The summed E-state index contributed by atoms with van der Waals surface area (Å²) < 4.78 is 5.70. The Hall–Kier alpha value is -2.15. The molecule has 1 aromatic heterocycles. The van der Waals surface area contributed by atoms with Crippen molar-refractivity contribution in [1.82, 2.24) is 4.98 Å². The summed E-state index contributed by atoms with van der Waals surface area (Å²) in [5, 5.41) is 20.4. The Kier molecular flexibility index (Phi) is 3.42. The summed E-state index contributed by atoms with van der Waals surface area (Å²) >= 11 is 3.09. The lowest BCUT2D eigenvalue weighted by atomic mass is 10.3. The SMILES string of the molecule is O=[N+]([O-])c1cc(Br)cnc1Oc1ccccc1O. The molecule has 0 spiro atoms. The van der Waals surface area contributed by atoms with Crippen LogP contribution in [-0.4, -0.2) is 15.0 Å². The fraction of sp³-hybridized carbons (Fsp3) is 0. The quantitative estimate of drug-likeness (QED) is 0.694. The Bertz CT molecular complexity index is 603. The molecule has 18 heavy (non-hydrogen) atoms. The average Bonchev–Trinajstić information content (AvgIpc) is 2.34. The van der Waals surface area contributed by atoms with E-state index in [1.54, 1.807) is 12.1 Å². The van der Waals surface area contributed by atoms with Gasteiger partial charge in [-0.15, -0.1) is 0 Å². The number of phenolic OH excluding ortho intramolecular Hbond substituents is 1. The molecule has 0 atom stereocenters. The molecule has 2 aromatic rings. The molecule has 0 unspecified atom stereocenters. The fourth-order valence-corrected chi connectivity index (χ4v) is 1.59. The number of hydrogen-bond donors (Lipinski definition) is 1. The summed E-state index contributed by atoms with van der Waals surface area (Å²) in [5.41, 5.74) is -0.285. The lowest BCUT2D eigenvalue weighted by Gasteiger charge is -2.06. The van der Waals surface area contributed by atoms with Gasteiger partial charge in [-0.25, -0.2) is 4.98 Å². The molecule has 0 saturated heterocycles. The van der Waals surface area contributed by atoms with Gasteiger partial charge in [0.05, 0.1) is 4.92 Å². The monoisotopic (exact) mass is 310 g/mol. The standard InChI is InChI=1S/C11H7BrN2O4/c12-7-5-8(14(16)17)11(13-6-7)18-10-4-2-1-3-9(10)15/h1-6,15H. The maximum absolute atomic E-state index is 10.9. The van der Waals surface area contributed by atoms with Crippen molar-refractivity contribution >= 4 is 21.6 Å². The van der Waals surface area contributed by atoms with Gasteiger partial charge in [-0.2, -0.15) is 0 Å². The number of phenols is 1. The summed E-state index contributed by atoms with van der Waals surface area (Å²) in [5.74, 6) is -0.184. The zero-order valence-corrected chi connectivity index (χ0v) is 10.5. The molecule has 0 bridgehead atoms. The number of aromatic nitrogens is 1. The molecule has 1 N–H and O–H groups in total. The number of halogens is 1. The van der Waals surface area contributed by atoms with Crippen LogP contribution in [0.25, 0.3) is 0 Å². The minimum absolute atomic E-state index is 0.107. The van der Waals surface area contributed by atoms with E-state index in [9.17, 15) is 15.2 Å². The first kappa shape index (κ1) is 12.3. The number of hydrogen-bond acceptors (Lipinski definition) is 5. The number of rotatable bonds is 3. The highest BCUT2D eigenvalue weighted by atomic mass is 79.9. The third kappa shape index (κ3) is 2.57. The van der Waals surface area contributed by atoms with Crippen molar-refractivity contribution in [2.75, 3.05) is 0 Å². The van der Waals surface area contributed by atoms with Crippen LogP contribution in [0.2, 0.25) is 0 Å². The second-order valence-electron chi connectivity index (χ2n) is 3.30. The van der Waals surface area contributed by atoms with Gasteiger partial charge in [0.2, 0.25) is 0 Å². The van der Waals surface area contributed by atoms with Gasteiger partial charge in [0.1, 0.15) is 0 Å². The lowest BCUT2D eigenvalue weighted by Crippen LogP contribution is -1.96. The van der Waals surface area contributed by atoms with Crippen LogP contribution in [0.15, 0.2) is 41.0 Å². The van der Waals surface area contributed by atoms with Gasteiger partial charge in [0.15, 0.2) is 11.5 Å². The molecular weight excluding hydrogens is 304 g/mol. The van der Waals surface area contributed by atoms with Gasteiger partial charge >= 0.3 is 5.69 Å². The highest BCUT2D eigenvalue weighted by molar-refractivity contribution is 9.10. The van der Waals surface area contributed by atoms with Crippen LogP contribution in [0.5, 0.6) is 17.4 Å². The van der Waals surface area contributed by atoms with Crippen molar-refractivity contribution in [2.45, 2.75) is 0 Å². The largest absolute Gasteiger partial charge is 0.504 e. The Balaban J connectivity index is 2.41. The average molecular weight is 311 g/mol. The Labute approximate surface area is 110 Å². The number of benzene rings is 1. The Morgan fingerprint density at radius 3 is 2.78 bits per heavy atom. The van der Waals surface area contributed by atoms with E-state index in [1.807, 2.05) is 0 Å². The van der Waals surface area contributed by atoms with Crippen LogP contribution in [0.4, 0.5) is 5.69 Å².